The average Bonchev–Trinajstić information content (AvgIpc) is 2.56. The van der Waals surface area contributed by atoms with Gasteiger partial charge in [-0.2, -0.15) is 0 Å². The summed E-state index contributed by atoms with van der Waals surface area (Å²) in [5.74, 6) is 0. The third-order valence-corrected chi connectivity index (χ3v) is 4.68. The zero-order valence-electron chi connectivity index (χ0n) is 14.1. The number of hydrogen-bond acceptors (Lipinski definition) is 1. The SMILES string of the molecule is CCCCC(O)(CCCC)CCc1ccc2ccccc2c1. The summed E-state index contributed by atoms with van der Waals surface area (Å²) in [7, 11) is 0. The summed E-state index contributed by atoms with van der Waals surface area (Å²) in [5, 5.41) is 13.5. The van der Waals surface area contributed by atoms with E-state index in [9.17, 15) is 5.11 Å². The van der Waals surface area contributed by atoms with Crippen LogP contribution in [0.5, 0.6) is 0 Å². The molecule has 0 aromatic heterocycles. The van der Waals surface area contributed by atoms with Gasteiger partial charge in [-0.15, -0.1) is 0 Å². The summed E-state index contributed by atoms with van der Waals surface area (Å²) in [5.41, 5.74) is 0.864. The number of hydrogen-bond donors (Lipinski definition) is 1. The minimum absolute atomic E-state index is 0.475. The van der Waals surface area contributed by atoms with E-state index in [1.807, 2.05) is 0 Å². The van der Waals surface area contributed by atoms with E-state index >= 15 is 0 Å². The molecule has 0 atom stereocenters. The van der Waals surface area contributed by atoms with Crippen molar-refractivity contribution in [3.63, 3.8) is 0 Å². The summed E-state index contributed by atoms with van der Waals surface area (Å²) >= 11 is 0. The van der Waals surface area contributed by atoms with Gasteiger partial charge in [-0.1, -0.05) is 82.0 Å². The van der Waals surface area contributed by atoms with Gasteiger partial charge < -0.3 is 5.11 Å². The highest BCUT2D eigenvalue weighted by atomic mass is 16.3. The van der Waals surface area contributed by atoms with Gasteiger partial charge in [-0.05, 0) is 42.0 Å². The normalized spacial score (nSPS) is 12.0. The summed E-state index contributed by atoms with van der Waals surface area (Å²) in [6.07, 6.45) is 8.29. The van der Waals surface area contributed by atoms with Crippen LogP contribution in [0, 0.1) is 0 Å². The molecule has 0 aliphatic carbocycles. The Morgan fingerprint density at radius 1 is 0.818 bits per heavy atom. The first-order chi connectivity index (χ1) is 10.7. The molecular weight excluding hydrogens is 268 g/mol. The molecule has 2 rings (SSSR count). The number of benzene rings is 2. The Balaban J connectivity index is 2.02. The van der Waals surface area contributed by atoms with Crippen molar-refractivity contribution in [3.8, 4) is 0 Å². The number of rotatable bonds is 9. The monoisotopic (exact) mass is 298 g/mol. The molecule has 0 fully saturated rings. The van der Waals surface area contributed by atoms with Crippen LogP contribution >= 0.6 is 0 Å². The maximum Gasteiger partial charge on any atom is 0.0651 e. The fraction of sp³-hybridized carbons (Fsp3) is 0.524. The largest absolute Gasteiger partial charge is 0.390 e. The van der Waals surface area contributed by atoms with Crippen molar-refractivity contribution in [2.24, 2.45) is 0 Å². The number of fused-ring (bicyclic) bond motifs is 1. The van der Waals surface area contributed by atoms with Crippen molar-refractivity contribution < 1.29 is 5.11 Å². The maximum absolute atomic E-state index is 10.9. The van der Waals surface area contributed by atoms with Crippen LogP contribution in [0.3, 0.4) is 0 Å². The van der Waals surface area contributed by atoms with Gasteiger partial charge in [0.05, 0.1) is 5.60 Å². The molecule has 0 saturated heterocycles. The minimum Gasteiger partial charge on any atom is -0.390 e. The van der Waals surface area contributed by atoms with E-state index in [2.05, 4.69) is 56.3 Å². The van der Waals surface area contributed by atoms with E-state index in [0.717, 1.165) is 51.4 Å². The van der Waals surface area contributed by atoms with Crippen molar-refractivity contribution >= 4 is 10.8 Å². The number of aryl methyl sites for hydroxylation is 1. The van der Waals surface area contributed by atoms with Crippen LogP contribution in [-0.2, 0) is 6.42 Å². The first kappa shape index (κ1) is 17.0. The third kappa shape index (κ3) is 4.84. The predicted octanol–water partition coefficient (Wildman–Crippen LogP) is 5.88. The Hall–Kier alpha value is -1.34. The van der Waals surface area contributed by atoms with Gasteiger partial charge in [0.25, 0.3) is 0 Å². The molecule has 0 unspecified atom stereocenters. The van der Waals surface area contributed by atoms with Crippen LogP contribution in [0.4, 0.5) is 0 Å². The zero-order chi connectivity index (χ0) is 15.8. The van der Waals surface area contributed by atoms with E-state index in [1.54, 1.807) is 0 Å². The second kappa shape index (κ2) is 8.33. The molecule has 1 N–H and O–H groups in total. The lowest BCUT2D eigenvalue weighted by atomic mass is 9.85. The fourth-order valence-electron chi connectivity index (χ4n) is 3.16. The Kier molecular flexibility index (Phi) is 6.45. The lowest BCUT2D eigenvalue weighted by Gasteiger charge is -2.28. The average molecular weight is 298 g/mol. The van der Waals surface area contributed by atoms with E-state index in [4.69, 9.17) is 0 Å². The smallest absolute Gasteiger partial charge is 0.0651 e. The van der Waals surface area contributed by atoms with Crippen molar-refractivity contribution in [1.29, 1.82) is 0 Å². The quantitative estimate of drug-likeness (QED) is 0.612. The van der Waals surface area contributed by atoms with Crippen molar-refractivity contribution in [2.75, 3.05) is 0 Å². The van der Waals surface area contributed by atoms with Crippen molar-refractivity contribution in [3.05, 3.63) is 48.0 Å². The van der Waals surface area contributed by atoms with Crippen LogP contribution in [-0.4, -0.2) is 10.7 Å². The Labute approximate surface area is 135 Å². The molecule has 120 valence electrons. The molecule has 0 saturated carbocycles. The zero-order valence-corrected chi connectivity index (χ0v) is 14.1. The first-order valence-electron chi connectivity index (χ1n) is 8.87. The second-order valence-corrected chi connectivity index (χ2v) is 6.61. The van der Waals surface area contributed by atoms with Crippen molar-refractivity contribution in [1.82, 2.24) is 0 Å². The van der Waals surface area contributed by atoms with Crippen LogP contribution in [0.25, 0.3) is 10.8 Å². The standard InChI is InChI=1S/C21H30O/c1-3-5-14-21(22,15-6-4-2)16-13-18-11-12-19-9-7-8-10-20(19)17-18/h7-12,17,22H,3-6,13-16H2,1-2H3. The van der Waals surface area contributed by atoms with E-state index in [-0.39, 0.29) is 0 Å². The topological polar surface area (TPSA) is 20.2 Å². The first-order valence-corrected chi connectivity index (χ1v) is 8.87. The van der Waals surface area contributed by atoms with Gasteiger partial charge in [0, 0.05) is 0 Å². The number of aliphatic hydroxyl groups is 1. The Bertz CT molecular complexity index is 565. The molecule has 0 spiro atoms. The lowest BCUT2D eigenvalue weighted by Crippen LogP contribution is -2.29. The maximum atomic E-state index is 10.9. The van der Waals surface area contributed by atoms with Gasteiger partial charge in [-0.3, -0.25) is 0 Å². The van der Waals surface area contributed by atoms with Gasteiger partial charge in [-0.25, -0.2) is 0 Å². The highest BCUT2D eigenvalue weighted by Gasteiger charge is 2.25. The molecule has 2 aromatic carbocycles. The number of unbranched alkanes of at least 4 members (excludes halogenated alkanes) is 2. The third-order valence-electron chi connectivity index (χ3n) is 4.68. The molecule has 0 bridgehead atoms. The van der Waals surface area contributed by atoms with Crippen LogP contribution in [0.2, 0.25) is 0 Å². The van der Waals surface area contributed by atoms with Gasteiger partial charge in [0.2, 0.25) is 0 Å². The summed E-state index contributed by atoms with van der Waals surface area (Å²) in [6, 6.07) is 15.2. The molecule has 2 aromatic rings. The Morgan fingerprint density at radius 2 is 1.45 bits per heavy atom. The molecule has 0 amide bonds. The molecule has 22 heavy (non-hydrogen) atoms. The molecule has 1 heteroatoms. The summed E-state index contributed by atoms with van der Waals surface area (Å²) in [4.78, 5) is 0. The molecule has 0 heterocycles. The highest BCUT2D eigenvalue weighted by molar-refractivity contribution is 5.82. The Morgan fingerprint density at radius 3 is 2.09 bits per heavy atom. The van der Waals surface area contributed by atoms with Gasteiger partial charge in [0.15, 0.2) is 0 Å². The summed E-state index contributed by atoms with van der Waals surface area (Å²) < 4.78 is 0. The van der Waals surface area contributed by atoms with Crippen LogP contribution in [0.1, 0.15) is 64.4 Å². The van der Waals surface area contributed by atoms with Crippen molar-refractivity contribution in [2.45, 2.75) is 70.8 Å². The molecule has 0 aliphatic rings. The van der Waals surface area contributed by atoms with E-state index in [0.29, 0.717) is 0 Å². The van der Waals surface area contributed by atoms with E-state index < -0.39 is 5.60 Å². The van der Waals surface area contributed by atoms with Gasteiger partial charge >= 0.3 is 0 Å². The van der Waals surface area contributed by atoms with Crippen LogP contribution in [0.15, 0.2) is 42.5 Å². The van der Waals surface area contributed by atoms with E-state index in [1.165, 1.54) is 16.3 Å². The second-order valence-electron chi connectivity index (χ2n) is 6.61. The molecular formula is C21H30O. The molecule has 1 nitrogen and oxygen atoms in total. The molecule has 0 radical (unpaired) electrons. The fourth-order valence-corrected chi connectivity index (χ4v) is 3.16. The highest BCUT2D eigenvalue weighted by Crippen LogP contribution is 2.27. The predicted molar refractivity (Wildman–Crippen MR) is 96.3 cm³/mol. The van der Waals surface area contributed by atoms with Gasteiger partial charge in [0.1, 0.15) is 0 Å². The minimum atomic E-state index is -0.475. The molecule has 0 aliphatic heterocycles. The summed E-state index contributed by atoms with van der Waals surface area (Å²) in [6.45, 7) is 4.40. The lowest BCUT2D eigenvalue weighted by molar-refractivity contribution is 0.0105. The van der Waals surface area contributed by atoms with Crippen LogP contribution < -0.4 is 0 Å².